The molecule has 2 heterocycles. The van der Waals surface area contributed by atoms with Gasteiger partial charge in [-0.1, -0.05) is 26.0 Å². The van der Waals surface area contributed by atoms with E-state index in [-0.39, 0.29) is 39.7 Å². The molecule has 0 radical (unpaired) electrons. The van der Waals surface area contributed by atoms with Gasteiger partial charge in [0.25, 0.3) is 5.91 Å². The Bertz CT molecular complexity index is 1670. The van der Waals surface area contributed by atoms with E-state index < -0.39 is 53.2 Å². The molecular formula is C29H23F6N5O2. The fourth-order valence-corrected chi connectivity index (χ4v) is 4.12. The van der Waals surface area contributed by atoms with Gasteiger partial charge in [-0.3, -0.25) is 19.3 Å². The highest BCUT2D eigenvalue weighted by Crippen LogP contribution is 2.32. The molecule has 13 heteroatoms. The average Bonchev–Trinajstić information content (AvgIpc) is 3.33. The summed E-state index contributed by atoms with van der Waals surface area (Å²) in [6.45, 7) is 2.43. The van der Waals surface area contributed by atoms with Crippen molar-refractivity contribution >= 4 is 23.6 Å². The maximum atomic E-state index is 14.2. The van der Waals surface area contributed by atoms with Crippen LogP contribution in [0.5, 0.6) is 0 Å². The van der Waals surface area contributed by atoms with Crippen molar-refractivity contribution < 1.29 is 35.9 Å². The molecule has 0 spiro atoms. The Morgan fingerprint density at radius 3 is 2.33 bits per heavy atom. The molecule has 4 aromatic rings. The fraction of sp³-hybridized carbons (Fsp3) is 0.172. The zero-order valence-corrected chi connectivity index (χ0v) is 22.1. The summed E-state index contributed by atoms with van der Waals surface area (Å²) in [5.41, 5.74) is 4.10. The molecule has 0 bridgehead atoms. The van der Waals surface area contributed by atoms with Crippen molar-refractivity contribution in [3.8, 4) is 11.1 Å². The number of rotatable bonds is 8. The number of nitrogens with one attached hydrogen (secondary N) is 1. The number of hydrogen-bond donors (Lipinski definition) is 2. The lowest BCUT2D eigenvalue weighted by Crippen LogP contribution is -2.29. The molecule has 0 aliphatic rings. The number of amides is 2. The SMILES string of the molecule is CC(C)c1cc(C(F)(F)F)n(CC(=O)N/C(=C\c2cc(F)cc(F)c2)c2ncccc2-c2ccc(F)c(C(N)=O)c2)n1. The molecule has 218 valence electrons. The van der Waals surface area contributed by atoms with Crippen molar-refractivity contribution in [2.24, 2.45) is 5.73 Å². The Balaban J connectivity index is 1.81. The Morgan fingerprint density at radius 1 is 1.02 bits per heavy atom. The van der Waals surface area contributed by atoms with Crippen LogP contribution in [0.2, 0.25) is 0 Å². The van der Waals surface area contributed by atoms with Gasteiger partial charge in [-0.15, -0.1) is 0 Å². The Hall–Kier alpha value is -4.94. The highest BCUT2D eigenvalue weighted by atomic mass is 19.4. The molecule has 0 atom stereocenters. The lowest BCUT2D eigenvalue weighted by molar-refractivity contribution is -0.144. The van der Waals surface area contributed by atoms with Gasteiger partial charge in [0.05, 0.1) is 22.6 Å². The van der Waals surface area contributed by atoms with E-state index in [1.54, 1.807) is 13.8 Å². The first kappa shape index (κ1) is 30.0. The minimum Gasteiger partial charge on any atom is -0.366 e. The van der Waals surface area contributed by atoms with Crippen LogP contribution in [0.1, 0.15) is 52.8 Å². The normalized spacial score (nSPS) is 12.1. The molecule has 0 aliphatic heterocycles. The molecular weight excluding hydrogens is 564 g/mol. The fourth-order valence-electron chi connectivity index (χ4n) is 4.12. The Kier molecular flexibility index (Phi) is 8.50. The number of nitrogens with two attached hydrogens (primary N) is 1. The molecule has 0 unspecified atom stereocenters. The van der Waals surface area contributed by atoms with E-state index in [2.05, 4.69) is 15.4 Å². The average molecular weight is 588 g/mol. The summed E-state index contributed by atoms with van der Waals surface area (Å²) in [5.74, 6) is -5.09. The number of benzene rings is 2. The van der Waals surface area contributed by atoms with Crippen LogP contribution >= 0.6 is 0 Å². The van der Waals surface area contributed by atoms with E-state index in [1.807, 2.05) is 0 Å². The van der Waals surface area contributed by atoms with Gasteiger partial charge in [0.15, 0.2) is 0 Å². The smallest absolute Gasteiger partial charge is 0.366 e. The third-order valence-electron chi connectivity index (χ3n) is 6.05. The predicted molar refractivity (Wildman–Crippen MR) is 142 cm³/mol. The molecule has 0 saturated carbocycles. The molecule has 2 aromatic carbocycles. The first-order valence-corrected chi connectivity index (χ1v) is 12.4. The monoisotopic (exact) mass is 587 g/mol. The minimum atomic E-state index is -4.80. The number of carbonyl (C=O) groups excluding carboxylic acids is 2. The number of alkyl halides is 3. The quantitative estimate of drug-likeness (QED) is 0.250. The lowest BCUT2D eigenvalue weighted by atomic mass is 9.98. The molecule has 7 nitrogen and oxygen atoms in total. The highest BCUT2D eigenvalue weighted by molar-refractivity contribution is 5.97. The zero-order valence-electron chi connectivity index (χ0n) is 22.1. The summed E-state index contributed by atoms with van der Waals surface area (Å²) in [4.78, 5) is 29.1. The summed E-state index contributed by atoms with van der Waals surface area (Å²) in [6.07, 6.45) is -2.30. The van der Waals surface area contributed by atoms with Crippen molar-refractivity contribution in [2.75, 3.05) is 0 Å². The summed E-state index contributed by atoms with van der Waals surface area (Å²) >= 11 is 0. The van der Waals surface area contributed by atoms with Crippen LogP contribution in [0.25, 0.3) is 22.9 Å². The van der Waals surface area contributed by atoms with Crippen molar-refractivity contribution in [2.45, 2.75) is 32.5 Å². The first-order valence-electron chi connectivity index (χ1n) is 12.4. The van der Waals surface area contributed by atoms with E-state index in [4.69, 9.17) is 5.73 Å². The number of halogens is 6. The van der Waals surface area contributed by atoms with Crippen LogP contribution in [0.4, 0.5) is 26.3 Å². The van der Waals surface area contributed by atoms with Crippen molar-refractivity contribution in [3.05, 3.63) is 106 Å². The maximum Gasteiger partial charge on any atom is 0.433 e. The Labute approximate surface area is 235 Å². The number of hydrogen-bond acceptors (Lipinski definition) is 4. The molecule has 2 amide bonds. The Morgan fingerprint density at radius 2 is 1.71 bits per heavy atom. The van der Waals surface area contributed by atoms with Crippen molar-refractivity contribution in [3.63, 3.8) is 0 Å². The van der Waals surface area contributed by atoms with Gasteiger partial charge in [0, 0.05) is 17.8 Å². The second-order valence-corrected chi connectivity index (χ2v) is 9.53. The largest absolute Gasteiger partial charge is 0.433 e. The number of carbonyl (C=O) groups is 2. The van der Waals surface area contributed by atoms with Crippen molar-refractivity contribution in [1.82, 2.24) is 20.1 Å². The highest BCUT2D eigenvalue weighted by Gasteiger charge is 2.36. The van der Waals surface area contributed by atoms with Crippen LogP contribution in [-0.4, -0.2) is 26.6 Å². The lowest BCUT2D eigenvalue weighted by Gasteiger charge is -2.16. The van der Waals surface area contributed by atoms with Gasteiger partial charge >= 0.3 is 6.18 Å². The molecule has 42 heavy (non-hydrogen) atoms. The van der Waals surface area contributed by atoms with Gasteiger partial charge < -0.3 is 11.1 Å². The third kappa shape index (κ3) is 6.85. The van der Waals surface area contributed by atoms with E-state index >= 15 is 0 Å². The van der Waals surface area contributed by atoms with E-state index in [0.29, 0.717) is 10.7 Å². The molecule has 0 saturated heterocycles. The predicted octanol–water partition coefficient (Wildman–Crippen LogP) is 5.92. The first-order chi connectivity index (χ1) is 19.7. The standard InChI is InChI=1S/C29H23F6N5O2/c1-15(2)23-13-25(29(33,34)35)40(39-23)14-26(41)38-24(10-16-8-18(30)12-19(31)9-16)27-20(4-3-7-37-27)17-5-6-22(32)21(11-17)28(36)42/h3-13,15H,14H2,1-2H3,(H2,36,42)(H,38,41)/b24-10-. The molecule has 3 N–H and O–H groups in total. The van der Waals surface area contributed by atoms with Gasteiger partial charge in [0.1, 0.15) is 29.7 Å². The number of aromatic nitrogens is 3. The van der Waals surface area contributed by atoms with Gasteiger partial charge in [-0.05, 0) is 59.5 Å². The molecule has 0 fully saturated rings. The van der Waals surface area contributed by atoms with Crippen LogP contribution < -0.4 is 11.1 Å². The molecule has 2 aromatic heterocycles. The zero-order chi connectivity index (χ0) is 30.8. The summed E-state index contributed by atoms with van der Waals surface area (Å²) in [7, 11) is 0. The van der Waals surface area contributed by atoms with Crippen LogP contribution in [0, 0.1) is 17.5 Å². The minimum absolute atomic E-state index is 0.00284. The van der Waals surface area contributed by atoms with Crippen LogP contribution in [-0.2, 0) is 17.5 Å². The molecule has 0 aliphatic carbocycles. The van der Waals surface area contributed by atoms with Crippen LogP contribution in [0.3, 0.4) is 0 Å². The van der Waals surface area contributed by atoms with Gasteiger partial charge in [-0.25, -0.2) is 13.2 Å². The van der Waals surface area contributed by atoms with Crippen LogP contribution in [0.15, 0.2) is 60.8 Å². The second-order valence-electron chi connectivity index (χ2n) is 9.53. The second kappa shape index (κ2) is 11.9. The number of nitrogens with zero attached hydrogens (tertiary/aromatic N) is 3. The van der Waals surface area contributed by atoms with Crippen molar-refractivity contribution in [1.29, 1.82) is 0 Å². The summed E-state index contributed by atoms with van der Waals surface area (Å²) in [6, 6.07) is 9.90. The van der Waals surface area contributed by atoms with E-state index in [1.165, 1.54) is 30.5 Å². The molecule has 4 rings (SSSR count). The van der Waals surface area contributed by atoms with Gasteiger partial charge in [0.2, 0.25) is 5.91 Å². The summed E-state index contributed by atoms with van der Waals surface area (Å²) in [5, 5.41) is 6.39. The number of primary amides is 1. The summed E-state index contributed by atoms with van der Waals surface area (Å²) < 4.78 is 83.7. The van der Waals surface area contributed by atoms with E-state index in [9.17, 15) is 35.9 Å². The third-order valence-corrected chi connectivity index (χ3v) is 6.05. The maximum absolute atomic E-state index is 14.2. The number of pyridine rings is 1. The van der Waals surface area contributed by atoms with E-state index in [0.717, 1.165) is 30.3 Å². The topological polar surface area (TPSA) is 103 Å². The van der Waals surface area contributed by atoms with Gasteiger partial charge in [-0.2, -0.15) is 18.3 Å².